The molecule has 6 rings (SSSR count). The maximum Gasteiger partial charge on any atom is 0.338 e. The molecule has 4 heterocycles. The van der Waals surface area contributed by atoms with Crippen molar-refractivity contribution in [1.82, 2.24) is 20.5 Å². The lowest BCUT2D eigenvalue weighted by Gasteiger charge is -2.33. The topological polar surface area (TPSA) is 101 Å². The van der Waals surface area contributed by atoms with Crippen LogP contribution in [-0.2, 0) is 27.1 Å². The van der Waals surface area contributed by atoms with Crippen LogP contribution in [0.2, 0.25) is 5.02 Å². The number of aliphatic imine (C=N–C) groups is 1. The maximum atomic E-state index is 14.5. The van der Waals surface area contributed by atoms with E-state index in [4.69, 9.17) is 26.1 Å². The van der Waals surface area contributed by atoms with Crippen LogP contribution < -0.4 is 5.32 Å². The van der Waals surface area contributed by atoms with Gasteiger partial charge in [0.1, 0.15) is 6.04 Å². The summed E-state index contributed by atoms with van der Waals surface area (Å²) < 4.78 is 39.0. The molecule has 3 atom stereocenters. The predicted molar refractivity (Wildman–Crippen MR) is 160 cm³/mol. The van der Waals surface area contributed by atoms with Crippen molar-refractivity contribution in [3.8, 4) is 0 Å². The molecule has 1 aromatic carbocycles. The molecular formula is C30H36ClF2N5O3S. The minimum absolute atomic E-state index is 0. The second-order valence-electron chi connectivity index (χ2n) is 10.1. The first-order valence-electron chi connectivity index (χ1n) is 13.8. The van der Waals surface area contributed by atoms with Crippen LogP contribution in [0.1, 0.15) is 74.8 Å². The lowest BCUT2D eigenvalue weighted by atomic mass is 9.81. The number of aromatic amines is 1. The Kier molecular flexibility index (Phi) is 10.9. The van der Waals surface area contributed by atoms with Crippen LogP contribution in [0.4, 0.5) is 8.78 Å². The van der Waals surface area contributed by atoms with E-state index in [1.165, 1.54) is 36.7 Å². The summed E-state index contributed by atoms with van der Waals surface area (Å²) in [6.07, 6.45) is 9.99. The van der Waals surface area contributed by atoms with Crippen molar-refractivity contribution >= 4 is 34.7 Å². The van der Waals surface area contributed by atoms with Gasteiger partial charge in [-0.1, -0.05) is 25.1 Å². The molecule has 3 aromatic rings. The second kappa shape index (κ2) is 14.3. The van der Waals surface area contributed by atoms with E-state index < -0.39 is 28.7 Å². The molecule has 226 valence electrons. The second-order valence-corrected chi connectivity index (χ2v) is 11.4. The quantitative estimate of drug-likeness (QED) is 0.243. The number of thiazole rings is 1. The number of rotatable bonds is 5. The molecule has 0 amide bonds. The summed E-state index contributed by atoms with van der Waals surface area (Å²) in [5.74, 6) is -2.50. The highest BCUT2D eigenvalue weighted by molar-refractivity contribution is 7.11. The number of ether oxygens (including phenoxy) is 2. The molecule has 3 unspecified atom stereocenters. The van der Waals surface area contributed by atoms with Gasteiger partial charge in [0.25, 0.3) is 0 Å². The Hall–Kier alpha value is -3.15. The molecule has 1 fully saturated rings. The maximum absolute atomic E-state index is 14.5. The average molecular weight is 620 g/mol. The minimum Gasteiger partial charge on any atom is -0.463 e. The number of fused-ring (bicyclic) bond motifs is 1. The smallest absolute Gasteiger partial charge is 0.338 e. The van der Waals surface area contributed by atoms with Crippen LogP contribution in [-0.4, -0.2) is 46.3 Å². The molecule has 1 aliphatic carbocycles. The van der Waals surface area contributed by atoms with E-state index in [1.807, 2.05) is 5.38 Å². The lowest BCUT2D eigenvalue weighted by molar-refractivity contribution is -0.139. The normalized spacial score (nSPS) is 21.6. The van der Waals surface area contributed by atoms with E-state index >= 15 is 0 Å². The van der Waals surface area contributed by atoms with Crippen LogP contribution in [0.25, 0.3) is 0 Å². The molecule has 0 saturated carbocycles. The number of esters is 1. The van der Waals surface area contributed by atoms with Crippen molar-refractivity contribution in [1.29, 1.82) is 0 Å². The van der Waals surface area contributed by atoms with E-state index in [1.54, 1.807) is 19.3 Å². The molecule has 0 bridgehead atoms. The first kappa shape index (κ1) is 31.8. The van der Waals surface area contributed by atoms with E-state index in [-0.39, 0.29) is 31.1 Å². The Balaban J connectivity index is 0.000000445. The number of amidine groups is 1. The highest BCUT2D eigenvalue weighted by atomic mass is 35.5. The Morgan fingerprint density at radius 1 is 1.26 bits per heavy atom. The van der Waals surface area contributed by atoms with Gasteiger partial charge in [-0.25, -0.2) is 18.6 Å². The Morgan fingerprint density at radius 2 is 2.10 bits per heavy atom. The van der Waals surface area contributed by atoms with Gasteiger partial charge in [0.15, 0.2) is 22.5 Å². The fourth-order valence-corrected chi connectivity index (χ4v) is 6.16. The third-order valence-corrected chi connectivity index (χ3v) is 8.56. The van der Waals surface area contributed by atoms with Crippen molar-refractivity contribution < 1.29 is 23.0 Å². The largest absolute Gasteiger partial charge is 0.463 e. The minimum atomic E-state index is -1.19. The van der Waals surface area contributed by atoms with Crippen molar-refractivity contribution in [3.05, 3.63) is 79.7 Å². The van der Waals surface area contributed by atoms with E-state index in [2.05, 4.69) is 27.4 Å². The molecule has 2 aliphatic heterocycles. The number of allylic oxidation sites excluding steroid dienone is 1. The summed E-state index contributed by atoms with van der Waals surface area (Å²) in [4.78, 5) is 22.3. The summed E-state index contributed by atoms with van der Waals surface area (Å²) in [5, 5.41) is 12.5. The number of nitrogens with one attached hydrogen (secondary N) is 2. The van der Waals surface area contributed by atoms with Crippen LogP contribution in [0, 0.1) is 17.6 Å². The Bertz CT molecular complexity index is 1440. The van der Waals surface area contributed by atoms with Crippen LogP contribution in [0.5, 0.6) is 0 Å². The van der Waals surface area contributed by atoms with E-state index in [0.717, 1.165) is 36.8 Å². The zero-order valence-corrected chi connectivity index (χ0v) is 24.5. The number of carbonyl (C=O) groups is 1. The molecule has 8 nitrogen and oxygen atoms in total. The van der Waals surface area contributed by atoms with Gasteiger partial charge < -0.3 is 14.8 Å². The zero-order valence-electron chi connectivity index (χ0n) is 22.9. The van der Waals surface area contributed by atoms with E-state index in [9.17, 15) is 13.6 Å². The number of carbonyl (C=O) groups excluding carboxylic acids is 1. The number of hydrogen-bond donors (Lipinski definition) is 2. The number of H-pyrrole nitrogens is 1. The number of halogens is 3. The molecule has 3 aliphatic rings. The van der Waals surface area contributed by atoms with Gasteiger partial charge in [-0.2, -0.15) is 5.10 Å². The Morgan fingerprint density at radius 3 is 2.76 bits per heavy atom. The summed E-state index contributed by atoms with van der Waals surface area (Å²) >= 11 is 7.60. The third-order valence-electron chi connectivity index (χ3n) is 7.40. The van der Waals surface area contributed by atoms with Crippen LogP contribution in [0.3, 0.4) is 0 Å². The molecule has 0 spiro atoms. The van der Waals surface area contributed by atoms with Crippen molar-refractivity contribution in [2.24, 2.45) is 10.9 Å². The first-order chi connectivity index (χ1) is 19.9. The van der Waals surface area contributed by atoms with Gasteiger partial charge in [-0.15, -0.1) is 11.3 Å². The van der Waals surface area contributed by atoms with Gasteiger partial charge in [-0.3, -0.25) is 10.1 Å². The summed E-state index contributed by atoms with van der Waals surface area (Å²) in [5.41, 5.74) is 3.16. The van der Waals surface area contributed by atoms with Gasteiger partial charge in [-0.05, 0) is 64.0 Å². The number of aromatic nitrogens is 3. The van der Waals surface area contributed by atoms with Gasteiger partial charge in [0.2, 0.25) is 0 Å². The SMILES string of the molecule is C.CC1CCCCO1.CCOC(=O)C1=C(C2CCc3[nH]ncc3C2)NC(c2nccs2)=NC1c1ccc(F)c(F)c1Cl. The van der Waals surface area contributed by atoms with Gasteiger partial charge in [0.05, 0.1) is 29.5 Å². The number of benzene rings is 1. The zero-order chi connectivity index (χ0) is 28.9. The first-order valence-corrected chi connectivity index (χ1v) is 15.0. The summed E-state index contributed by atoms with van der Waals surface area (Å²) in [6, 6.07) is 1.34. The van der Waals surface area contributed by atoms with Crippen molar-refractivity contribution in [2.75, 3.05) is 13.2 Å². The third kappa shape index (κ3) is 6.90. The molecule has 0 radical (unpaired) electrons. The van der Waals surface area contributed by atoms with Gasteiger partial charge in [0, 0.05) is 41.1 Å². The average Bonchev–Trinajstić information content (AvgIpc) is 3.69. The molecule has 42 heavy (non-hydrogen) atoms. The van der Waals surface area contributed by atoms with E-state index in [0.29, 0.717) is 29.1 Å². The number of nitrogens with zero attached hydrogens (tertiary/aromatic N) is 3. The molecule has 12 heteroatoms. The standard InChI is InChI=1S/C23H20ClF2N5O2S.C6H12O.CH4/c1-2-33-23(32)16-19(11-3-6-15-12(9-11)10-28-31-15)29-21(22-27-7-8-34-22)30-20(16)13-4-5-14(25)18(26)17(13)24;1-6-4-2-3-5-7-6;/h4-5,7-8,10-11,20H,2-3,6,9H2,1H3,(H,28,31)(H,29,30);6H,2-5H2,1H3;1H4. The number of aryl methyl sites for hydroxylation is 1. The molecule has 2 N–H and O–H groups in total. The Labute approximate surface area is 253 Å². The van der Waals surface area contributed by atoms with Crippen molar-refractivity contribution in [2.45, 2.75) is 71.9 Å². The van der Waals surface area contributed by atoms with Crippen molar-refractivity contribution in [3.63, 3.8) is 0 Å². The van der Waals surface area contributed by atoms with Crippen LogP contribution >= 0.6 is 22.9 Å². The summed E-state index contributed by atoms with van der Waals surface area (Å²) in [6.45, 7) is 4.98. The predicted octanol–water partition coefficient (Wildman–Crippen LogP) is 6.72. The highest BCUT2D eigenvalue weighted by Crippen LogP contribution is 2.41. The lowest BCUT2D eigenvalue weighted by Crippen LogP contribution is -2.38. The fraction of sp³-hybridized carbons (Fsp3) is 0.467. The highest BCUT2D eigenvalue weighted by Gasteiger charge is 2.38. The fourth-order valence-electron chi connectivity index (χ4n) is 5.31. The summed E-state index contributed by atoms with van der Waals surface area (Å²) in [7, 11) is 0. The number of hydrogen-bond acceptors (Lipinski definition) is 8. The van der Waals surface area contributed by atoms with Gasteiger partial charge >= 0.3 is 5.97 Å². The molecule has 2 aromatic heterocycles. The van der Waals surface area contributed by atoms with Crippen LogP contribution in [0.15, 0.2) is 46.2 Å². The molecular weight excluding hydrogens is 584 g/mol. The molecule has 1 saturated heterocycles. The monoisotopic (exact) mass is 619 g/mol.